The van der Waals surface area contributed by atoms with Gasteiger partial charge in [-0.25, -0.2) is 0 Å². The van der Waals surface area contributed by atoms with Crippen LogP contribution in [-0.2, 0) is 20.8 Å². The molecular weight excluding hydrogens is 428 g/mol. The molecule has 2 N–H and O–H groups in total. The number of carbonyl (C=O) groups excluding carboxylic acids is 1. The molecule has 32 heavy (non-hydrogen) atoms. The van der Waals surface area contributed by atoms with Crippen molar-refractivity contribution in [2.24, 2.45) is 5.92 Å². The molecule has 2 aliphatic heterocycles. The Hall–Kier alpha value is -1.18. The largest absolute Gasteiger partial charge is 0.389 e. The van der Waals surface area contributed by atoms with Crippen molar-refractivity contribution in [3.05, 3.63) is 34.9 Å². The van der Waals surface area contributed by atoms with E-state index in [-0.39, 0.29) is 24.2 Å². The molecule has 0 radical (unpaired) electrons. The summed E-state index contributed by atoms with van der Waals surface area (Å²) in [5, 5.41) is 14.1. The zero-order valence-corrected chi connectivity index (χ0v) is 19.6. The minimum atomic E-state index is -0.448. The van der Waals surface area contributed by atoms with Gasteiger partial charge >= 0.3 is 0 Å². The number of fused-ring (bicyclic) bond motifs is 1. The number of amides is 1. The van der Waals surface area contributed by atoms with Crippen molar-refractivity contribution in [1.82, 2.24) is 10.2 Å². The van der Waals surface area contributed by atoms with E-state index in [9.17, 15) is 9.90 Å². The molecule has 1 aliphatic carbocycles. The number of ether oxygens (including phenoxy) is 2. The van der Waals surface area contributed by atoms with Crippen molar-refractivity contribution in [2.45, 2.75) is 82.3 Å². The minimum absolute atomic E-state index is 0.00430. The van der Waals surface area contributed by atoms with E-state index in [2.05, 4.69) is 10.2 Å². The van der Waals surface area contributed by atoms with E-state index in [4.69, 9.17) is 21.1 Å². The summed E-state index contributed by atoms with van der Waals surface area (Å²) >= 11 is 5.92. The topological polar surface area (TPSA) is 71.0 Å². The fourth-order valence-corrected chi connectivity index (χ4v) is 5.56. The molecule has 2 heterocycles. The third kappa shape index (κ3) is 6.91. The molecule has 1 amide bonds. The van der Waals surface area contributed by atoms with Gasteiger partial charge in [0.15, 0.2) is 0 Å². The zero-order valence-electron chi connectivity index (χ0n) is 18.9. The second kappa shape index (κ2) is 11.8. The molecule has 2 saturated heterocycles. The van der Waals surface area contributed by atoms with Crippen LogP contribution in [0.1, 0.15) is 56.9 Å². The van der Waals surface area contributed by atoms with Crippen LogP contribution in [0, 0.1) is 5.92 Å². The lowest BCUT2D eigenvalue weighted by Crippen LogP contribution is -2.56. The summed E-state index contributed by atoms with van der Waals surface area (Å²) in [5.74, 6) is 0.720. The number of hydrogen-bond acceptors (Lipinski definition) is 5. The Bertz CT molecular complexity index is 725. The minimum Gasteiger partial charge on any atom is -0.389 e. The number of rotatable bonds is 6. The van der Waals surface area contributed by atoms with Gasteiger partial charge in [-0.3, -0.25) is 9.69 Å². The highest BCUT2D eigenvalue weighted by Gasteiger charge is 2.38. The highest BCUT2D eigenvalue weighted by atomic mass is 35.5. The lowest BCUT2D eigenvalue weighted by atomic mass is 9.87. The van der Waals surface area contributed by atoms with E-state index in [0.29, 0.717) is 43.7 Å². The zero-order chi connectivity index (χ0) is 22.3. The Morgan fingerprint density at radius 2 is 1.88 bits per heavy atom. The predicted octanol–water partition coefficient (Wildman–Crippen LogP) is 3.54. The summed E-state index contributed by atoms with van der Waals surface area (Å²) in [6.45, 7) is 3.00. The number of hydrogen-bond donors (Lipinski definition) is 2. The third-order valence-electron chi connectivity index (χ3n) is 7.12. The van der Waals surface area contributed by atoms with Gasteiger partial charge in [0, 0.05) is 30.7 Å². The summed E-state index contributed by atoms with van der Waals surface area (Å²) in [6.07, 6.45) is 8.18. The first-order chi connectivity index (χ1) is 15.6. The van der Waals surface area contributed by atoms with E-state index < -0.39 is 6.10 Å². The fourth-order valence-electron chi connectivity index (χ4n) is 5.44. The first-order valence-electron chi connectivity index (χ1n) is 12.2. The van der Waals surface area contributed by atoms with Gasteiger partial charge in [0.1, 0.15) is 0 Å². The Labute approximate surface area is 196 Å². The second-order valence-corrected chi connectivity index (χ2v) is 10.1. The van der Waals surface area contributed by atoms with Gasteiger partial charge in [-0.2, -0.15) is 0 Å². The molecular formula is C25H37ClN2O4. The van der Waals surface area contributed by atoms with Gasteiger partial charge in [0.2, 0.25) is 5.91 Å². The second-order valence-electron chi connectivity index (χ2n) is 9.70. The maximum atomic E-state index is 12.5. The number of halogens is 1. The van der Waals surface area contributed by atoms with Gasteiger partial charge in [-0.05, 0) is 49.3 Å². The highest BCUT2D eigenvalue weighted by Crippen LogP contribution is 2.31. The predicted molar refractivity (Wildman–Crippen MR) is 125 cm³/mol. The number of carbonyl (C=O) groups is 1. The van der Waals surface area contributed by atoms with E-state index in [1.54, 1.807) is 0 Å². The molecule has 0 bridgehead atoms. The molecule has 0 unspecified atom stereocenters. The summed E-state index contributed by atoms with van der Waals surface area (Å²) in [7, 11) is 0. The number of nitrogens with zero attached hydrogens (tertiary/aromatic N) is 1. The molecule has 4 atom stereocenters. The number of aliphatic hydroxyl groups excluding tert-OH is 1. The van der Waals surface area contributed by atoms with Crippen molar-refractivity contribution in [1.29, 1.82) is 0 Å². The average molecular weight is 465 g/mol. The number of nitrogens with one attached hydrogen (secondary N) is 1. The van der Waals surface area contributed by atoms with Gasteiger partial charge in [0.25, 0.3) is 0 Å². The molecule has 0 spiro atoms. The maximum absolute atomic E-state index is 12.5. The molecule has 178 valence electrons. The molecule has 1 aromatic rings. The van der Waals surface area contributed by atoms with Crippen LogP contribution in [0.15, 0.2) is 24.3 Å². The van der Waals surface area contributed by atoms with Gasteiger partial charge < -0.3 is 19.9 Å². The van der Waals surface area contributed by atoms with Crippen LogP contribution >= 0.6 is 11.6 Å². The quantitative estimate of drug-likeness (QED) is 0.673. The fraction of sp³-hybridized carbons (Fsp3) is 0.720. The van der Waals surface area contributed by atoms with Crippen molar-refractivity contribution in [3.8, 4) is 0 Å². The van der Waals surface area contributed by atoms with Crippen LogP contribution in [0.25, 0.3) is 0 Å². The van der Waals surface area contributed by atoms with E-state index >= 15 is 0 Å². The maximum Gasteiger partial charge on any atom is 0.222 e. The summed E-state index contributed by atoms with van der Waals surface area (Å²) in [5.41, 5.74) is 1.03. The Morgan fingerprint density at radius 1 is 1.09 bits per heavy atom. The van der Waals surface area contributed by atoms with E-state index in [1.165, 1.54) is 32.1 Å². The number of β-amino-alcohol motifs (C(OH)–C–C–N with tert-alkyl or cyclic N) is 1. The molecule has 4 rings (SSSR count). The van der Waals surface area contributed by atoms with Gasteiger partial charge in [0.05, 0.1) is 37.9 Å². The monoisotopic (exact) mass is 464 g/mol. The van der Waals surface area contributed by atoms with Crippen LogP contribution in [-0.4, -0.2) is 66.6 Å². The van der Waals surface area contributed by atoms with Crippen molar-refractivity contribution in [2.75, 3.05) is 26.3 Å². The lowest BCUT2D eigenvalue weighted by molar-refractivity contribution is -0.158. The van der Waals surface area contributed by atoms with Crippen molar-refractivity contribution in [3.63, 3.8) is 0 Å². The van der Waals surface area contributed by atoms with E-state index in [1.807, 2.05) is 24.3 Å². The van der Waals surface area contributed by atoms with Crippen LogP contribution in [0.5, 0.6) is 0 Å². The van der Waals surface area contributed by atoms with Crippen LogP contribution in [0.3, 0.4) is 0 Å². The standard InChI is InChI=1S/C25H37ClN2O4/c26-20-8-6-18(7-9-20)13-27-25(30)12-22-10-11-23-24(32-22)17-31-16-21(29)15-28(23)14-19-4-2-1-3-5-19/h6-9,19,21-24,29H,1-5,10-17H2,(H,27,30)/t21-,22-,23-,24+/m0/s1. The first kappa shape index (κ1) is 24.0. The van der Waals surface area contributed by atoms with Crippen LogP contribution in [0.2, 0.25) is 5.02 Å². The Kier molecular flexibility index (Phi) is 8.83. The average Bonchev–Trinajstić information content (AvgIpc) is 2.78. The molecule has 7 heteroatoms. The van der Waals surface area contributed by atoms with Gasteiger partial charge in [-0.15, -0.1) is 0 Å². The van der Waals surface area contributed by atoms with E-state index in [0.717, 1.165) is 24.9 Å². The summed E-state index contributed by atoms with van der Waals surface area (Å²) in [4.78, 5) is 15.0. The first-order valence-corrected chi connectivity index (χ1v) is 12.6. The molecule has 1 saturated carbocycles. The molecule has 3 fully saturated rings. The van der Waals surface area contributed by atoms with Crippen LogP contribution < -0.4 is 5.32 Å². The Morgan fingerprint density at radius 3 is 2.66 bits per heavy atom. The molecule has 6 nitrogen and oxygen atoms in total. The molecule has 0 aromatic heterocycles. The number of benzene rings is 1. The summed E-state index contributed by atoms with van der Waals surface area (Å²) < 4.78 is 12.1. The Balaban J connectivity index is 1.29. The molecule has 1 aromatic carbocycles. The SMILES string of the molecule is O=C(C[C@@H]1CC[C@H]2[C@@H](COC[C@@H](O)CN2CC2CCCCC2)O1)NCc1ccc(Cl)cc1. The number of aliphatic hydroxyl groups is 1. The van der Waals surface area contributed by atoms with Crippen molar-refractivity contribution >= 4 is 17.5 Å². The van der Waals surface area contributed by atoms with Gasteiger partial charge in [-0.1, -0.05) is 43.0 Å². The lowest BCUT2D eigenvalue weighted by Gasteiger charge is -2.45. The normalized spacial score (nSPS) is 30.2. The molecule has 3 aliphatic rings. The van der Waals surface area contributed by atoms with Crippen molar-refractivity contribution < 1.29 is 19.4 Å². The van der Waals surface area contributed by atoms with Crippen LogP contribution in [0.4, 0.5) is 0 Å². The summed E-state index contributed by atoms with van der Waals surface area (Å²) in [6, 6.07) is 7.76. The third-order valence-corrected chi connectivity index (χ3v) is 7.37. The highest BCUT2D eigenvalue weighted by molar-refractivity contribution is 6.30. The smallest absolute Gasteiger partial charge is 0.222 e.